The van der Waals surface area contributed by atoms with Gasteiger partial charge in [-0.05, 0) is 42.2 Å². The highest BCUT2D eigenvalue weighted by atomic mass is 16.5. The topological polar surface area (TPSA) is 59.6 Å². The first-order valence-electron chi connectivity index (χ1n) is 10.4. The summed E-state index contributed by atoms with van der Waals surface area (Å²) in [6.07, 6.45) is 0.714. The van der Waals surface area contributed by atoms with Gasteiger partial charge >= 0.3 is 0 Å². The molecule has 0 fully saturated rings. The van der Waals surface area contributed by atoms with E-state index in [9.17, 15) is 4.79 Å². The number of aryl methyl sites for hydroxylation is 1. The van der Waals surface area contributed by atoms with Crippen LogP contribution >= 0.6 is 0 Å². The lowest BCUT2D eigenvalue weighted by molar-refractivity contribution is -0.120. The molecule has 31 heavy (non-hydrogen) atoms. The molecule has 0 saturated heterocycles. The Kier molecular flexibility index (Phi) is 8.07. The van der Waals surface area contributed by atoms with Crippen LogP contribution in [0.25, 0.3) is 0 Å². The Morgan fingerprint density at radius 2 is 1.55 bits per heavy atom. The van der Waals surface area contributed by atoms with Gasteiger partial charge in [0.25, 0.3) is 0 Å². The number of methoxy groups -OCH3 is 2. The molecule has 3 rings (SSSR count). The Bertz CT molecular complexity index is 972. The Morgan fingerprint density at radius 3 is 2.23 bits per heavy atom. The molecule has 0 aliphatic carbocycles. The van der Waals surface area contributed by atoms with Crippen molar-refractivity contribution in [1.82, 2.24) is 10.6 Å². The highest BCUT2D eigenvalue weighted by Crippen LogP contribution is 2.27. The van der Waals surface area contributed by atoms with Crippen molar-refractivity contribution in [2.75, 3.05) is 27.3 Å². The van der Waals surface area contributed by atoms with Crippen LogP contribution in [-0.4, -0.2) is 33.2 Å². The predicted octanol–water partition coefficient (Wildman–Crippen LogP) is 4.05. The van der Waals surface area contributed by atoms with Crippen molar-refractivity contribution in [3.8, 4) is 11.5 Å². The van der Waals surface area contributed by atoms with Crippen LogP contribution in [0, 0.1) is 6.92 Å². The van der Waals surface area contributed by atoms with Crippen LogP contribution < -0.4 is 20.1 Å². The van der Waals surface area contributed by atoms with E-state index in [2.05, 4.69) is 54.0 Å². The number of nitrogens with one attached hydrogen (secondary N) is 2. The lowest BCUT2D eigenvalue weighted by Gasteiger charge is -2.20. The van der Waals surface area contributed by atoms with Crippen molar-refractivity contribution < 1.29 is 14.3 Å². The maximum atomic E-state index is 12.5. The molecule has 0 heterocycles. The number of rotatable bonds is 10. The monoisotopic (exact) mass is 418 g/mol. The minimum absolute atomic E-state index is 0.0338. The third-order valence-corrected chi connectivity index (χ3v) is 5.19. The molecule has 5 heteroatoms. The van der Waals surface area contributed by atoms with Gasteiger partial charge in [0.2, 0.25) is 5.91 Å². The van der Waals surface area contributed by atoms with Gasteiger partial charge in [-0.15, -0.1) is 0 Å². The minimum atomic E-state index is -0.0431. The average molecular weight is 419 g/mol. The van der Waals surface area contributed by atoms with Gasteiger partial charge in [0.15, 0.2) is 11.5 Å². The van der Waals surface area contributed by atoms with Gasteiger partial charge in [0.05, 0.1) is 26.8 Å². The second kappa shape index (κ2) is 11.2. The molecule has 1 atom stereocenters. The largest absolute Gasteiger partial charge is 0.493 e. The van der Waals surface area contributed by atoms with Gasteiger partial charge in [-0.3, -0.25) is 10.1 Å². The number of hydrogen-bond donors (Lipinski definition) is 2. The molecule has 0 spiro atoms. The molecule has 2 N–H and O–H groups in total. The summed E-state index contributed by atoms with van der Waals surface area (Å²) in [4.78, 5) is 12.5. The second-order valence-electron chi connectivity index (χ2n) is 7.42. The van der Waals surface area contributed by atoms with Crippen molar-refractivity contribution in [3.63, 3.8) is 0 Å². The van der Waals surface area contributed by atoms with Gasteiger partial charge in [-0.2, -0.15) is 0 Å². The molecule has 0 bridgehead atoms. The Balaban J connectivity index is 1.56. The van der Waals surface area contributed by atoms with Crippen LogP contribution in [0.5, 0.6) is 11.5 Å². The Hall–Kier alpha value is -3.31. The summed E-state index contributed by atoms with van der Waals surface area (Å²) in [6, 6.07) is 24.3. The summed E-state index contributed by atoms with van der Waals surface area (Å²) in [7, 11) is 3.23. The highest BCUT2D eigenvalue weighted by Gasteiger charge is 2.15. The Labute approximate surface area is 184 Å². The Morgan fingerprint density at radius 1 is 0.871 bits per heavy atom. The standard InChI is InChI=1S/C26H30N2O3/c1-19-9-12-22(13-10-19)26(21-7-5-4-6-8-21)28-18-25(29)27-16-15-20-11-14-23(30-2)24(17-20)31-3/h4-14,17,26,28H,15-16,18H2,1-3H3,(H,27,29)/t26-/m0/s1. The van der Waals surface area contributed by atoms with Crippen molar-refractivity contribution in [1.29, 1.82) is 0 Å². The zero-order valence-electron chi connectivity index (χ0n) is 18.4. The third kappa shape index (κ3) is 6.33. The fraction of sp³-hybridized carbons (Fsp3) is 0.269. The van der Waals surface area contributed by atoms with Gasteiger partial charge in [-0.1, -0.05) is 66.2 Å². The molecular formula is C26H30N2O3. The summed E-state index contributed by atoms with van der Waals surface area (Å²) >= 11 is 0. The highest BCUT2D eigenvalue weighted by molar-refractivity contribution is 5.78. The minimum Gasteiger partial charge on any atom is -0.493 e. The molecule has 0 unspecified atom stereocenters. The zero-order valence-corrected chi connectivity index (χ0v) is 18.4. The number of hydrogen-bond acceptors (Lipinski definition) is 4. The van der Waals surface area contributed by atoms with Crippen LogP contribution in [0.15, 0.2) is 72.8 Å². The molecule has 0 radical (unpaired) electrons. The quantitative estimate of drug-likeness (QED) is 0.522. The van der Waals surface area contributed by atoms with E-state index in [0.29, 0.717) is 24.5 Å². The summed E-state index contributed by atoms with van der Waals surface area (Å²) in [5.74, 6) is 1.35. The van der Waals surface area contributed by atoms with Crippen molar-refractivity contribution in [3.05, 3.63) is 95.1 Å². The SMILES string of the molecule is COc1ccc(CCNC(=O)CN[C@@H](c2ccccc2)c2ccc(C)cc2)cc1OC. The molecule has 0 aliphatic rings. The van der Waals surface area contributed by atoms with E-state index >= 15 is 0 Å². The van der Waals surface area contributed by atoms with E-state index in [1.165, 1.54) is 5.56 Å². The van der Waals surface area contributed by atoms with Crippen molar-refractivity contribution in [2.24, 2.45) is 0 Å². The molecule has 5 nitrogen and oxygen atoms in total. The number of benzene rings is 3. The summed E-state index contributed by atoms with van der Waals surface area (Å²) in [6.45, 7) is 2.86. The summed E-state index contributed by atoms with van der Waals surface area (Å²) < 4.78 is 10.6. The van der Waals surface area contributed by atoms with Gasteiger partial charge in [0, 0.05) is 6.54 Å². The first-order chi connectivity index (χ1) is 15.1. The molecular weight excluding hydrogens is 388 g/mol. The number of amides is 1. The van der Waals surface area contributed by atoms with Crippen molar-refractivity contribution in [2.45, 2.75) is 19.4 Å². The fourth-order valence-electron chi connectivity index (χ4n) is 3.47. The van der Waals surface area contributed by atoms with Crippen LogP contribution in [0.4, 0.5) is 0 Å². The predicted molar refractivity (Wildman–Crippen MR) is 124 cm³/mol. The molecule has 0 saturated carbocycles. The van der Waals surface area contributed by atoms with E-state index in [1.807, 2.05) is 36.4 Å². The molecule has 0 aliphatic heterocycles. The van der Waals surface area contributed by atoms with Crippen LogP contribution in [-0.2, 0) is 11.2 Å². The smallest absolute Gasteiger partial charge is 0.233 e. The molecule has 1 amide bonds. The molecule has 0 aromatic heterocycles. The van der Waals surface area contributed by atoms with E-state index in [0.717, 1.165) is 16.7 Å². The first-order valence-corrected chi connectivity index (χ1v) is 10.4. The van der Waals surface area contributed by atoms with E-state index in [4.69, 9.17) is 9.47 Å². The van der Waals surface area contributed by atoms with Gasteiger partial charge in [-0.25, -0.2) is 0 Å². The van der Waals surface area contributed by atoms with Crippen molar-refractivity contribution >= 4 is 5.91 Å². The maximum absolute atomic E-state index is 12.5. The van der Waals surface area contributed by atoms with E-state index in [-0.39, 0.29) is 18.5 Å². The van der Waals surface area contributed by atoms with Crippen LogP contribution in [0.3, 0.4) is 0 Å². The normalized spacial score (nSPS) is 11.6. The fourth-order valence-corrected chi connectivity index (χ4v) is 3.47. The lowest BCUT2D eigenvalue weighted by atomic mass is 9.98. The maximum Gasteiger partial charge on any atom is 0.233 e. The molecule has 3 aromatic carbocycles. The van der Waals surface area contributed by atoms with Gasteiger partial charge in [0.1, 0.15) is 0 Å². The number of ether oxygens (including phenoxy) is 2. The second-order valence-corrected chi connectivity index (χ2v) is 7.42. The van der Waals surface area contributed by atoms with Crippen LogP contribution in [0.2, 0.25) is 0 Å². The summed E-state index contributed by atoms with van der Waals surface area (Å²) in [5.41, 5.74) is 4.55. The first kappa shape index (κ1) is 22.4. The van der Waals surface area contributed by atoms with E-state index < -0.39 is 0 Å². The van der Waals surface area contributed by atoms with Gasteiger partial charge < -0.3 is 14.8 Å². The van der Waals surface area contributed by atoms with E-state index in [1.54, 1.807) is 14.2 Å². The lowest BCUT2D eigenvalue weighted by Crippen LogP contribution is -2.37. The van der Waals surface area contributed by atoms with Crippen LogP contribution in [0.1, 0.15) is 28.3 Å². The number of carbonyl (C=O) groups excluding carboxylic acids is 1. The average Bonchev–Trinajstić information content (AvgIpc) is 2.81. The molecule has 3 aromatic rings. The molecule has 162 valence electrons. The summed E-state index contributed by atoms with van der Waals surface area (Å²) in [5, 5.41) is 6.40. The zero-order chi connectivity index (χ0) is 22.1. The third-order valence-electron chi connectivity index (χ3n) is 5.19. The number of carbonyl (C=O) groups is 1.